The Morgan fingerprint density at radius 1 is 1.38 bits per heavy atom. The summed E-state index contributed by atoms with van der Waals surface area (Å²) in [5, 5.41) is 8.64. The molecule has 1 aliphatic carbocycles. The second-order valence-electron chi connectivity index (χ2n) is 3.84. The first-order valence-electron chi connectivity index (χ1n) is 5.10. The molecule has 1 N–H and O–H groups in total. The van der Waals surface area contributed by atoms with Gasteiger partial charge in [-0.3, -0.25) is 0 Å². The highest BCUT2D eigenvalue weighted by Crippen LogP contribution is 2.23. The van der Waals surface area contributed by atoms with Gasteiger partial charge >= 0.3 is 0 Å². The Hall–Kier alpha value is -1.38. The molecule has 0 atom stereocenters. The first-order valence-corrected chi connectivity index (χ1v) is 6.59. The molecule has 1 aromatic rings. The number of nitrogens with zero attached hydrogens (tertiary/aromatic N) is 1. The van der Waals surface area contributed by atoms with Crippen LogP contribution in [-0.4, -0.2) is 14.5 Å². The Bertz CT molecular complexity index is 527. The fraction of sp³-hybridized carbons (Fsp3) is 0.364. The monoisotopic (exact) mass is 236 g/mol. The average molecular weight is 236 g/mol. The van der Waals surface area contributed by atoms with Crippen molar-refractivity contribution in [3.63, 3.8) is 0 Å². The SMILES string of the molecule is N#CCc1ccccc1S(=O)(=O)NC1CC1. The normalized spacial score (nSPS) is 15.7. The summed E-state index contributed by atoms with van der Waals surface area (Å²) in [4.78, 5) is 0.225. The van der Waals surface area contributed by atoms with Crippen molar-refractivity contribution in [1.82, 2.24) is 4.72 Å². The fourth-order valence-corrected chi connectivity index (χ4v) is 3.03. The van der Waals surface area contributed by atoms with E-state index in [0.29, 0.717) is 5.56 Å². The molecule has 1 aromatic carbocycles. The van der Waals surface area contributed by atoms with Crippen molar-refractivity contribution in [2.45, 2.75) is 30.2 Å². The molecule has 0 radical (unpaired) electrons. The summed E-state index contributed by atoms with van der Waals surface area (Å²) in [6.07, 6.45) is 1.92. The highest BCUT2D eigenvalue weighted by Gasteiger charge is 2.28. The van der Waals surface area contributed by atoms with Crippen molar-refractivity contribution >= 4 is 10.0 Å². The maximum absolute atomic E-state index is 12.0. The van der Waals surface area contributed by atoms with Gasteiger partial charge in [-0.15, -0.1) is 0 Å². The number of nitriles is 1. The molecule has 84 valence electrons. The van der Waals surface area contributed by atoms with Crippen LogP contribution in [0.4, 0.5) is 0 Å². The van der Waals surface area contributed by atoms with Crippen molar-refractivity contribution in [1.29, 1.82) is 5.26 Å². The smallest absolute Gasteiger partial charge is 0.208 e. The van der Waals surface area contributed by atoms with Gasteiger partial charge in [0.1, 0.15) is 0 Å². The van der Waals surface area contributed by atoms with Crippen molar-refractivity contribution in [3.8, 4) is 6.07 Å². The summed E-state index contributed by atoms with van der Waals surface area (Å²) >= 11 is 0. The molecule has 0 saturated heterocycles. The average Bonchev–Trinajstić information content (AvgIpc) is 3.02. The fourth-order valence-electron chi connectivity index (χ4n) is 1.48. The van der Waals surface area contributed by atoms with E-state index in [-0.39, 0.29) is 17.4 Å². The Morgan fingerprint density at radius 3 is 2.69 bits per heavy atom. The van der Waals surface area contributed by atoms with Crippen LogP contribution < -0.4 is 4.72 Å². The zero-order chi connectivity index (χ0) is 11.6. The van der Waals surface area contributed by atoms with Gasteiger partial charge in [-0.2, -0.15) is 5.26 Å². The second-order valence-corrected chi connectivity index (χ2v) is 5.52. The van der Waals surface area contributed by atoms with Crippen LogP contribution in [0, 0.1) is 11.3 Å². The molecule has 0 amide bonds. The minimum absolute atomic E-state index is 0.0835. The van der Waals surface area contributed by atoms with Crippen LogP contribution in [0.25, 0.3) is 0 Å². The van der Waals surface area contributed by atoms with Crippen LogP contribution in [0.15, 0.2) is 29.2 Å². The second kappa shape index (κ2) is 4.24. The number of benzene rings is 1. The van der Waals surface area contributed by atoms with Crippen molar-refractivity contribution in [3.05, 3.63) is 29.8 Å². The topological polar surface area (TPSA) is 70.0 Å². The molecule has 0 spiro atoms. The van der Waals surface area contributed by atoms with E-state index in [9.17, 15) is 8.42 Å². The molecule has 0 aliphatic heterocycles. The summed E-state index contributed by atoms with van der Waals surface area (Å²) in [6, 6.07) is 8.67. The first kappa shape index (κ1) is 11.1. The Kier molecular flexibility index (Phi) is 2.95. The van der Waals surface area contributed by atoms with E-state index in [1.807, 2.05) is 6.07 Å². The van der Waals surface area contributed by atoms with Crippen LogP contribution in [0.3, 0.4) is 0 Å². The van der Waals surface area contributed by atoms with E-state index in [1.165, 1.54) is 6.07 Å². The van der Waals surface area contributed by atoms with Gasteiger partial charge in [0.25, 0.3) is 0 Å². The molecule has 5 heteroatoms. The summed E-state index contributed by atoms with van der Waals surface area (Å²) in [7, 11) is -3.45. The van der Waals surface area contributed by atoms with Gasteiger partial charge in [0.2, 0.25) is 10.0 Å². The number of sulfonamides is 1. The van der Waals surface area contributed by atoms with Crippen molar-refractivity contribution in [2.24, 2.45) is 0 Å². The molecule has 4 nitrogen and oxygen atoms in total. The molecule has 1 aliphatic rings. The Labute approximate surface area is 95.0 Å². The molecule has 0 bridgehead atoms. The Balaban J connectivity index is 2.34. The van der Waals surface area contributed by atoms with Crippen LogP contribution in [-0.2, 0) is 16.4 Å². The molecule has 0 heterocycles. The predicted octanol–water partition coefficient (Wildman–Crippen LogP) is 1.19. The van der Waals surface area contributed by atoms with Gasteiger partial charge in [-0.05, 0) is 24.5 Å². The third kappa shape index (κ3) is 2.40. The van der Waals surface area contributed by atoms with Crippen LogP contribution in [0.5, 0.6) is 0 Å². The summed E-state index contributed by atoms with van der Waals surface area (Å²) < 4.78 is 26.5. The van der Waals surface area contributed by atoms with E-state index >= 15 is 0 Å². The molecule has 2 rings (SSSR count). The van der Waals surface area contributed by atoms with Gasteiger partial charge in [0, 0.05) is 6.04 Å². The quantitative estimate of drug-likeness (QED) is 0.853. The van der Waals surface area contributed by atoms with Crippen molar-refractivity contribution in [2.75, 3.05) is 0 Å². The van der Waals surface area contributed by atoms with Crippen LogP contribution >= 0.6 is 0 Å². The number of hydrogen-bond donors (Lipinski definition) is 1. The zero-order valence-electron chi connectivity index (χ0n) is 8.68. The molecular formula is C11H12N2O2S. The summed E-state index contributed by atoms with van der Waals surface area (Å²) in [6.45, 7) is 0. The molecule has 0 unspecified atom stereocenters. The Morgan fingerprint density at radius 2 is 2.06 bits per heavy atom. The lowest BCUT2D eigenvalue weighted by Crippen LogP contribution is -2.26. The van der Waals surface area contributed by atoms with E-state index in [2.05, 4.69) is 4.72 Å². The maximum Gasteiger partial charge on any atom is 0.241 e. The number of hydrogen-bond acceptors (Lipinski definition) is 3. The number of rotatable bonds is 4. The van der Waals surface area contributed by atoms with Gasteiger partial charge in [-0.1, -0.05) is 18.2 Å². The molecule has 1 fully saturated rings. The minimum Gasteiger partial charge on any atom is -0.208 e. The molecule has 0 aromatic heterocycles. The third-order valence-electron chi connectivity index (χ3n) is 2.43. The summed E-state index contributed by atoms with van der Waals surface area (Å²) in [5.74, 6) is 0. The first-order chi connectivity index (χ1) is 7.63. The van der Waals surface area contributed by atoms with Gasteiger partial charge in [-0.25, -0.2) is 13.1 Å². The van der Waals surface area contributed by atoms with E-state index in [4.69, 9.17) is 5.26 Å². The van der Waals surface area contributed by atoms with Gasteiger partial charge < -0.3 is 0 Å². The molecule has 1 saturated carbocycles. The van der Waals surface area contributed by atoms with E-state index < -0.39 is 10.0 Å². The lowest BCUT2D eigenvalue weighted by atomic mass is 10.2. The van der Waals surface area contributed by atoms with Crippen molar-refractivity contribution < 1.29 is 8.42 Å². The largest absolute Gasteiger partial charge is 0.241 e. The highest BCUT2D eigenvalue weighted by molar-refractivity contribution is 7.89. The maximum atomic E-state index is 12.0. The minimum atomic E-state index is -3.45. The highest BCUT2D eigenvalue weighted by atomic mass is 32.2. The molecular weight excluding hydrogens is 224 g/mol. The zero-order valence-corrected chi connectivity index (χ0v) is 9.50. The summed E-state index contributed by atoms with van der Waals surface area (Å²) in [5.41, 5.74) is 0.554. The van der Waals surface area contributed by atoms with Gasteiger partial charge in [0.05, 0.1) is 17.4 Å². The van der Waals surface area contributed by atoms with Gasteiger partial charge in [0.15, 0.2) is 0 Å². The van der Waals surface area contributed by atoms with Crippen LogP contribution in [0.1, 0.15) is 18.4 Å². The third-order valence-corrected chi connectivity index (χ3v) is 4.05. The van der Waals surface area contributed by atoms with Crippen LogP contribution in [0.2, 0.25) is 0 Å². The van der Waals surface area contributed by atoms with E-state index in [0.717, 1.165) is 12.8 Å². The number of nitrogens with one attached hydrogen (secondary N) is 1. The lowest BCUT2D eigenvalue weighted by molar-refractivity contribution is 0.580. The predicted molar refractivity (Wildman–Crippen MR) is 59.1 cm³/mol. The standard InChI is InChI=1S/C11H12N2O2S/c12-8-7-9-3-1-2-4-11(9)16(14,15)13-10-5-6-10/h1-4,10,13H,5-7H2. The lowest BCUT2D eigenvalue weighted by Gasteiger charge is -2.08. The van der Waals surface area contributed by atoms with E-state index in [1.54, 1.807) is 18.2 Å². The molecule has 16 heavy (non-hydrogen) atoms.